The summed E-state index contributed by atoms with van der Waals surface area (Å²) in [6, 6.07) is 6.07. The van der Waals surface area contributed by atoms with Crippen LogP contribution in [0.1, 0.15) is 24.5 Å². The van der Waals surface area contributed by atoms with Gasteiger partial charge in [-0.2, -0.15) is 5.26 Å². The van der Waals surface area contributed by atoms with Crippen molar-refractivity contribution in [3.8, 4) is 6.07 Å². The lowest BCUT2D eigenvalue weighted by Gasteiger charge is -2.33. The third-order valence-corrected chi connectivity index (χ3v) is 2.91. The van der Waals surface area contributed by atoms with E-state index >= 15 is 0 Å². The predicted octanol–water partition coefficient (Wildman–Crippen LogP) is 1.87. The molecule has 1 fully saturated rings. The highest BCUT2D eigenvalue weighted by molar-refractivity contribution is 5.09. The maximum atomic E-state index is 8.89. The van der Waals surface area contributed by atoms with Crippen molar-refractivity contribution in [3.63, 3.8) is 0 Å². The number of nitriles is 1. The van der Waals surface area contributed by atoms with Gasteiger partial charge >= 0.3 is 0 Å². The van der Waals surface area contributed by atoms with E-state index in [0.29, 0.717) is 6.61 Å². The summed E-state index contributed by atoms with van der Waals surface area (Å²) < 4.78 is 11.2. The van der Waals surface area contributed by atoms with Crippen LogP contribution >= 0.6 is 0 Å². The fourth-order valence-electron chi connectivity index (χ4n) is 1.90. The number of morpholine rings is 1. The van der Waals surface area contributed by atoms with Crippen molar-refractivity contribution >= 4 is 0 Å². The zero-order valence-corrected chi connectivity index (χ0v) is 9.64. The molecule has 0 bridgehead atoms. The van der Waals surface area contributed by atoms with E-state index in [1.807, 2.05) is 26.0 Å². The molecule has 1 aromatic rings. The molecule has 0 saturated carbocycles. The topological polar surface area (TPSA) is 49.4 Å². The quantitative estimate of drug-likeness (QED) is 0.763. The van der Waals surface area contributed by atoms with Crippen LogP contribution in [-0.4, -0.2) is 30.6 Å². The van der Waals surface area contributed by atoms with Crippen LogP contribution in [-0.2, 0) is 4.74 Å². The average molecular weight is 220 g/mol. The lowest BCUT2D eigenvalue weighted by atomic mass is 10.2. The van der Waals surface area contributed by atoms with Crippen LogP contribution in [0.2, 0.25) is 0 Å². The van der Waals surface area contributed by atoms with Gasteiger partial charge in [-0.3, -0.25) is 4.90 Å². The normalized spacial score (nSPS) is 23.9. The molecule has 0 aromatic carbocycles. The third kappa shape index (κ3) is 2.26. The fourth-order valence-corrected chi connectivity index (χ4v) is 1.90. The number of ether oxygens (including phenoxy) is 1. The Morgan fingerprint density at radius 3 is 3.00 bits per heavy atom. The Labute approximate surface area is 95.4 Å². The second kappa shape index (κ2) is 4.69. The Morgan fingerprint density at radius 2 is 2.38 bits per heavy atom. The lowest BCUT2D eigenvalue weighted by Crippen LogP contribution is -2.42. The van der Waals surface area contributed by atoms with Gasteiger partial charge in [-0.1, -0.05) is 0 Å². The average Bonchev–Trinajstić information content (AvgIpc) is 2.75. The summed E-state index contributed by atoms with van der Waals surface area (Å²) in [7, 11) is 0. The molecule has 0 aliphatic carbocycles. The SMILES string of the molecule is Cc1ccc([C@H]2CN([C@@H](C)C#N)CCO2)o1. The minimum absolute atomic E-state index is 0.0433. The van der Waals surface area contributed by atoms with E-state index in [2.05, 4.69) is 11.0 Å². The highest BCUT2D eigenvalue weighted by Crippen LogP contribution is 2.24. The second-order valence-corrected chi connectivity index (χ2v) is 4.11. The number of furan rings is 1. The minimum Gasteiger partial charge on any atom is -0.464 e. The second-order valence-electron chi connectivity index (χ2n) is 4.11. The molecule has 0 spiro atoms. The molecule has 4 nitrogen and oxygen atoms in total. The molecule has 4 heteroatoms. The molecular formula is C12H16N2O2. The first-order chi connectivity index (χ1) is 7.70. The van der Waals surface area contributed by atoms with Crippen LogP contribution in [0.25, 0.3) is 0 Å². The van der Waals surface area contributed by atoms with Crippen molar-refractivity contribution in [2.45, 2.75) is 26.0 Å². The van der Waals surface area contributed by atoms with E-state index in [1.165, 1.54) is 0 Å². The first-order valence-electron chi connectivity index (χ1n) is 5.52. The summed E-state index contributed by atoms with van der Waals surface area (Å²) in [5, 5.41) is 8.89. The predicted molar refractivity (Wildman–Crippen MR) is 58.8 cm³/mol. The van der Waals surface area contributed by atoms with Crippen LogP contribution in [0, 0.1) is 18.3 Å². The van der Waals surface area contributed by atoms with E-state index in [-0.39, 0.29) is 12.1 Å². The Bertz CT molecular complexity index is 394. The molecule has 0 N–H and O–H groups in total. The van der Waals surface area contributed by atoms with E-state index in [9.17, 15) is 0 Å². The summed E-state index contributed by atoms with van der Waals surface area (Å²) in [4.78, 5) is 2.12. The van der Waals surface area contributed by atoms with E-state index < -0.39 is 0 Å². The Balaban J connectivity index is 2.05. The summed E-state index contributed by atoms with van der Waals surface area (Å²) in [5.74, 6) is 1.75. The van der Waals surface area contributed by atoms with Gasteiger partial charge in [-0.05, 0) is 26.0 Å². The molecule has 1 aliphatic heterocycles. The molecular weight excluding hydrogens is 204 g/mol. The van der Waals surface area contributed by atoms with E-state index in [1.54, 1.807) is 0 Å². The summed E-state index contributed by atoms with van der Waals surface area (Å²) in [5.41, 5.74) is 0. The molecule has 2 atom stereocenters. The van der Waals surface area contributed by atoms with Gasteiger partial charge < -0.3 is 9.15 Å². The van der Waals surface area contributed by atoms with Crippen LogP contribution in [0.5, 0.6) is 0 Å². The summed E-state index contributed by atoms with van der Waals surface area (Å²) >= 11 is 0. The maximum absolute atomic E-state index is 8.89. The van der Waals surface area contributed by atoms with Crippen molar-refractivity contribution in [1.82, 2.24) is 4.90 Å². The molecule has 2 heterocycles. The van der Waals surface area contributed by atoms with Gasteiger partial charge in [0.2, 0.25) is 0 Å². The molecule has 0 amide bonds. The van der Waals surface area contributed by atoms with Gasteiger partial charge in [0.05, 0.1) is 18.7 Å². The first kappa shape index (κ1) is 11.2. The van der Waals surface area contributed by atoms with Gasteiger partial charge in [0, 0.05) is 13.1 Å². The fraction of sp³-hybridized carbons (Fsp3) is 0.583. The molecule has 0 unspecified atom stereocenters. The van der Waals surface area contributed by atoms with Crippen LogP contribution in [0.4, 0.5) is 0 Å². The van der Waals surface area contributed by atoms with E-state index in [4.69, 9.17) is 14.4 Å². The largest absolute Gasteiger partial charge is 0.464 e. The Hall–Kier alpha value is -1.31. The van der Waals surface area contributed by atoms with Crippen LogP contribution in [0.15, 0.2) is 16.5 Å². The molecule has 1 saturated heterocycles. The monoisotopic (exact) mass is 220 g/mol. The molecule has 86 valence electrons. The zero-order chi connectivity index (χ0) is 11.5. The molecule has 1 aromatic heterocycles. The van der Waals surface area contributed by atoms with Crippen LogP contribution in [0.3, 0.4) is 0 Å². The first-order valence-corrected chi connectivity index (χ1v) is 5.52. The Morgan fingerprint density at radius 1 is 1.56 bits per heavy atom. The van der Waals surface area contributed by atoms with Crippen molar-refractivity contribution in [2.24, 2.45) is 0 Å². The number of rotatable bonds is 2. The number of nitrogens with zero attached hydrogens (tertiary/aromatic N) is 2. The standard InChI is InChI=1S/C12H16N2O2/c1-9(7-13)14-5-6-15-12(8-14)11-4-3-10(2)16-11/h3-4,9,12H,5-6,8H2,1-2H3/t9-,12+/m0/s1. The van der Waals surface area contributed by atoms with Crippen molar-refractivity contribution in [1.29, 1.82) is 5.26 Å². The van der Waals surface area contributed by atoms with Crippen molar-refractivity contribution < 1.29 is 9.15 Å². The zero-order valence-electron chi connectivity index (χ0n) is 9.64. The van der Waals surface area contributed by atoms with Gasteiger partial charge in [-0.25, -0.2) is 0 Å². The number of hydrogen-bond donors (Lipinski definition) is 0. The van der Waals surface area contributed by atoms with Gasteiger partial charge in [0.15, 0.2) is 0 Å². The summed E-state index contributed by atoms with van der Waals surface area (Å²) in [6.45, 7) is 6.01. The summed E-state index contributed by atoms with van der Waals surface area (Å²) in [6.07, 6.45) is -0.0433. The lowest BCUT2D eigenvalue weighted by molar-refractivity contribution is -0.0457. The number of aryl methyl sites for hydroxylation is 1. The van der Waals surface area contributed by atoms with Gasteiger partial charge in [-0.15, -0.1) is 0 Å². The smallest absolute Gasteiger partial charge is 0.134 e. The maximum Gasteiger partial charge on any atom is 0.134 e. The number of hydrogen-bond acceptors (Lipinski definition) is 4. The minimum atomic E-state index is -0.0672. The Kier molecular flexibility index (Phi) is 3.28. The highest BCUT2D eigenvalue weighted by atomic mass is 16.5. The van der Waals surface area contributed by atoms with Gasteiger partial charge in [0.25, 0.3) is 0 Å². The van der Waals surface area contributed by atoms with Gasteiger partial charge in [0.1, 0.15) is 17.6 Å². The van der Waals surface area contributed by atoms with Crippen molar-refractivity contribution in [2.75, 3.05) is 19.7 Å². The molecule has 0 radical (unpaired) electrons. The third-order valence-electron chi connectivity index (χ3n) is 2.91. The van der Waals surface area contributed by atoms with Crippen LogP contribution < -0.4 is 0 Å². The molecule has 16 heavy (non-hydrogen) atoms. The highest BCUT2D eigenvalue weighted by Gasteiger charge is 2.26. The molecule has 1 aliphatic rings. The van der Waals surface area contributed by atoms with Crippen molar-refractivity contribution in [3.05, 3.63) is 23.7 Å². The molecule has 2 rings (SSSR count). The van der Waals surface area contributed by atoms with E-state index in [0.717, 1.165) is 24.6 Å².